The molecule has 374 valence electrons. The van der Waals surface area contributed by atoms with Crippen LogP contribution in [0.5, 0.6) is 0 Å². The molecule has 0 bridgehead atoms. The lowest BCUT2D eigenvalue weighted by atomic mass is 8.66. The van der Waals surface area contributed by atoms with Gasteiger partial charge in [0.15, 0.2) is 0 Å². The van der Waals surface area contributed by atoms with Gasteiger partial charge in [0.2, 0.25) is 0 Å². The molecule has 30 heteroatoms. The van der Waals surface area contributed by atoms with E-state index in [1.165, 1.54) is 151 Å². The van der Waals surface area contributed by atoms with E-state index in [1.54, 1.807) is 38.1 Å². The molecule has 0 nitrogen and oxygen atoms in total. The minimum Gasteiger partial charge on any atom is -0.113 e. The van der Waals surface area contributed by atoms with Crippen LogP contribution in [0, 0.1) is 111 Å². The van der Waals surface area contributed by atoms with Gasteiger partial charge in [0, 0.05) is 45.4 Å². The SMILES string of the molecule is BBB(B)B(B(B)B)c1c(B(B(B)B)B(B)B)c(B(BB)B(B)B)c(B(B)B(B)B)c2c(B(B)BB)c(-c3c(C)c(C)c(C)c4c(-c5c(C)c(C)c6c(C)c(C)c(C)c(C)c6c5C)c5c(C)c(C)c(C)c(C)c5cc34)c(C)c(C)c12. The van der Waals surface area contributed by atoms with Crippen LogP contribution in [0.3, 0.4) is 0 Å². The smallest absolute Gasteiger partial charge is 0.0976 e. The first-order valence-electron chi connectivity index (χ1n) is 32.4. The second kappa shape index (κ2) is 24.5. The highest BCUT2D eigenvalue weighted by atomic mass is 14.3. The summed E-state index contributed by atoms with van der Waals surface area (Å²) in [7, 11) is 44.2. The topological polar surface area (TPSA) is 0 Å². The van der Waals surface area contributed by atoms with Crippen LogP contribution in [0.4, 0.5) is 0 Å². The van der Waals surface area contributed by atoms with Crippen LogP contribution in [-0.4, -0.2) is 216 Å². The minimum absolute atomic E-state index is 0.318. The molecular formula is C50H84B30. The van der Waals surface area contributed by atoms with Crippen molar-refractivity contribution in [2.24, 2.45) is 0 Å². The molecule has 0 saturated carbocycles. The van der Waals surface area contributed by atoms with Crippen molar-refractivity contribution in [3.8, 4) is 22.3 Å². The van der Waals surface area contributed by atoms with Gasteiger partial charge >= 0.3 is 0 Å². The molecule has 7 aromatic rings. The summed E-state index contributed by atoms with van der Waals surface area (Å²) in [6.07, 6.45) is 3.00. The van der Waals surface area contributed by atoms with E-state index in [2.05, 4.69) is 241 Å². The minimum atomic E-state index is 0.318. The standard InChI is InChI=1S/C50H84B30/c1-18-19(2)26(9)39-34(23(18)6)17-35-40(27(10)22(5)28(11)41(35)44(39)38-30(13)29(12)36-24(7)20(3)21(4)25(8)37(36)33(38)16)42-31(14)32(15)43-45(46(42)70(54)67-51)47(71(55)75(56)57)49(72(68-52)76(58)59)50(73(77(60)61)78(62)63)48(43)74(79(64)65)80(66)69-53/h17,67-69H,51-66H2,1-16H3. The Labute approximate surface area is 510 Å². The Kier molecular flexibility index (Phi) is 19.9. The summed E-state index contributed by atoms with van der Waals surface area (Å²) < 4.78 is 0. The van der Waals surface area contributed by atoms with Gasteiger partial charge in [-0.15, -0.1) is 10.9 Å². The molecule has 7 rings (SSSR count). The maximum absolute atomic E-state index is 2.72. The van der Waals surface area contributed by atoms with E-state index in [4.69, 9.17) is 0 Å². The lowest BCUT2D eigenvalue weighted by Crippen LogP contribution is -2.80. The predicted molar refractivity (Wildman–Crippen MR) is 443 cm³/mol. The summed E-state index contributed by atoms with van der Waals surface area (Å²) in [6, 6.07) is 2.72. The third-order valence-electron chi connectivity index (χ3n) is 23.0. The molecule has 0 aliphatic heterocycles. The molecular weight excluding hydrogens is 925 g/mol. The summed E-state index contributed by atoms with van der Waals surface area (Å²) in [5.74, 6) is 0. The second-order valence-electron chi connectivity index (χ2n) is 28.6. The molecule has 0 spiro atoms. The van der Waals surface area contributed by atoms with Gasteiger partial charge in [-0.1, -0.05) is 16.4 Å². The lowest BCUT2D eigenvalue weighted by Gasteiger charge is -2.41. The molecule has 0 fully saturated rings. The molecule has 0 atom stereocenters. The Balaban J connectivity index is 1.98. The van der Waals surface area contributed by atoms with E-state index in [0.29, 0.717) is 70.8 Å². The van der Waals surface area contributed by atoms with Crippen molar-refractivity contribution in [2.75, 3.05) is 0 Å². The summed E-state index contributed by atoms with van der Waals surface area (Å²) in [5.41, 5.74) is 37.3. The summed E-state index contributed by atoms with van der Waals surface area (Å²) >= 11 is 0. The Morgan fingerprint density at radius 3 is 1.14 bits per heavy atom. The largest absolute Gasteiger partial charge is 0.113 e. The van der Waals surface area contributed by atoms with Crippen LogP contribution in [0.15, 0.2) is 6.07 Å². The zero-order chi connectivity index (χ0) is 60.2. The second-order valence-corrected chi connectivity index (χ2v) is 28.6. The molecule has 0 aliphatic carbocycles. The van der Waals surface area contributed by atoms with Crippen LogP contribution in [-0.2, 0) is 0 Å². The monoisotopic (exact) mass is 1010 g/mol. The van der Waals surface area contributed by atoms with Gasteiger partial charge in [0.05, 0.1) is 170 Å². The maximum atomic E-state index is 2.72. The Morgan fingerprint density at radius 1 is 0.275 bits per heavy atom. The fourth-order valence-corrected chi connectivity index (χ4v) is 16.8. The summed E-state index contributed by atoms with van der Waals surface area (Å²) in [4.78, 5) is 0. The molecule has 80 heavy (non-hydrogen) atoms. The highest BCUT2D eigenvalue weighted by molar-refractivity contribution is 7.89. The Hall–Kier alpha value is -2.47. The van der Waals surface area contributed by atoms with Crippen LogP contribution < -0.4 is 27.3 Å². The molecule has 0 amide bonds. The van der Waals surface area contributed by atoms with Crippen molar-refractivity contribution >= 4 is 286 Å². The van der Waals surface area contributed by atoms with Crippen molar-refractivity contribution in [3.63, 3.8) is 0 Å². The molecule has 0 heterocycles. The van der Waals surface area contributed by atoms with Gasteiger partial charge < -0.3 is 0 Å². The zero-order valence-corrected chi connectivity index (χ0v) is 57.5. The van der Waals surface area contributed by atoms with Gasteiger partial charge in [-0.05, 0) is 271 Å². The number of fused-ring (bicyclic) bond motifs is 4. The molecule has 0 N–H and O–H groups in total. The average molecular weight is 1010 g/mol. The normalized spacial score (nSPS) is 11.3. The number of hydrogen-bond donors (Lipinski definition) is 0. The van der Waals surface area contributed by atoms with Crippen molar-refractivity contribution in [3.05, 3.63) is 95.1 Å². The van der Waals surface area contributed by atoms with Crippen molar-refractivity contribution in [1.29, 1.82) is 0 Å². The van der Waals surface area contributed by atoms with E-state index in [9.17, 15) is 0 Å². The zero-order valence-electron chi connectivity index (χ0n) is 57.5. The first-order valence-corrected chi connectivity index (χ1v) is 32.4. The van der Waals surface area contributed by atoms with Gasteiger partial charge in [0.25, 0.3) is 0 Å². The number of hydrogen-bond acceptors (Lipinski definition) is 0. The molecule has 0 radical (unpaired) electrons. The fraction of sp³-hybridized carbons (Fsp3) is 0.320. The number of rotatable bonds is 16. The summed E-state index contributed by atoms with van der Waals surface area (Å²) in [6.45, 7) is 41.0. The average Bonchev–Trinajstić information content (AvgIpc) is 2.50. The van der Waals surface area contributed by atoms with Crippen LogP contribution in [0.2, 0.25) is 0 Å². The molecule has 0 aromatic heterocycles. The van der Waals surface area contributed by atoms with Crippen molar-refractivity contribution in [1.82, 2.24) is 0 Å². The maximum Gasteiger partial charge on any atom is 0.0976 e. The lowest BCUT2D eigenvalue weighted by molar-refractivity contribution is 1.23. The first kappa shape index (κ1) is 65.1. The van der Waals surface area contributed by atoms with Gasteiger partial charge in [-0.25, -0.2) is 0 Å². The van der Waals surface area contributed by atoms with Crippen LogP contribution in [0.25, 0.3) is 65.3 Å². The van der Waals surface area contributed by atoms with E-state index in [1.807, 2.05) is 0 Å². The van der Waals surface area contributed by atoms with Crippen LogP contribution in [0.1, 0.15) is 89.0 Å². The molecule has 0 saturated heterocycles. The molecule has 7 aromatic carbocycles. The van der Waals surface area contributed by atoms with Gasteiger partial charge in [-0.2, -0.15) is 0 Å². The van der Waals surface area contributed by atoms with E-state index < -0.39 is 0 Å². The highest BCUT2D eigenvalue weighted by Crippen LogP contribution is 2.51. The third kappa shape index (κ3) is 10.1. The van der Waals surface area contributed by atoms with E-state index in [-0.39, 0.29) is 0 Å². The fourth-order valence-electron chi connectivity index (χ4n) is 16.8. The number of aryl methyl sites for hydroxylation is 8. The molecule has 0 unspecified atom stereocenters. The summed E-state index contributed by atoms with van der Waals surface area (Å²) in [5, 5.41) is 11.9. The third-order valence-corrected chi connectivity index (χ3v) is 23.0. The molecule has 0 aliphatic rings. The highest BCUT2D eigenvalue weighted by Gasteiger charge is 2.43. The van der Waals surface area contributed by atoms with E-state index in [0.717, 1.165) is 14.1 Å². The van der Waals surface area contributed by atoms with Gasteiger partial charge in [0.1, 0.15) is 0 Å². The van der Waals surface area contributed by atoms with Crippen molar-refractivity contribution < 1.29 is 0 Å². The Bertz CT molecular complexity index is 3660. The van der Waals surface area contributed by atoms with Crippen molar-refractivity contribution in [2.45, 2.75) is 111 Å². The predicted octanol–water partition coefficient (Wildman–Crippen LogP) is -10.4. The Morgan fingerprint density at radius 2 is 0.688 bits per heavy atom. The quantitative estimate of drug-likeness (QED) is 0.0668. The van der Waals surface area contributed by atoms with Gasteiger partial charge in [-0.3, -0.25) is 0 Å². The number of benzene rings is 7. The first-order chi connectivity index (χ1) is 37.2. The van der Waals surface area contributed by atoms with Crippen LogP contribution >= 0.6 is 0 Å². The van der Waals surface area contributed by atoms with E-state index >= 15 is 0 Å².